The number of rotatable bonds is 10. The number of benzene rings is 2. The summed E-state index contributed by atoms with van der Waals surface area (Å²) in [6.45, 7) is 2.53. The molecule has 0 atom stereocenters. The second kappa shape index (κ2) is 10.1. The molecule has 28 heavy (non-hydrogen) atoms. The van der Waals surface area contributed by atoms with E-state index in [4.69, 9.17) is 9.47 Å². The van der Waals surface area contributed by atoms with Gasteiger partial charge in [-0.3, -0.25) is 9.10 Å². The van der Waals surface area contributed by atoms with Gasteiger partial charge in [0.2, 0.25) is 5.91 Å². The number of aryl methyl sites for hydroxylation is 1. The summed E-state index contributed by atoms with van der Waals surface area (Å²) in [5, 5.41) is 2.73. The van der Waals surface area contributed by atoms with Gasteiger partial charge in [-0.05, 0) is 49.7 Å². The average Bonchev–Trinajstić information content (AvgIpc) is 2.70. The highest BCUT2D eigenvalue weighted by molar-refractivity contribution is 7.92. The van der Waals surface area contributed by atoms with Crippen molar-refractivity contribution in [3.8, 4) is 5.75 Å². The largest absolute Gasteiger partial charge is 0.497 e. The Morgan fingerprint density at radius 2 is 1.68 bits per heavy atom. The number of hydrogen-bond donors (Lipinski definition) is 1. The van der Waals surface area contributed by atoms with Crippen LogP contribution in [0.4, 0.5) is 5.69 Å². The average molecular weight is 407 g/mol. The molecule has 2 rings (SSSR count). The van der Waals surface area contributed by atoms with Crippen molar-refractivity contribution in [1.82, 2.24) is 5.32 Å². The van der Waals surface area contributed by atoms with Crippen LogP contribution in [-0.2, 0) is 19.6 Å². The minimum absolute atomic E-state index is 0.0843. The number of carbonyl (C=O) groups is 1. The van der Waals surface area contributed by atoms with Crippen molar-refractivity contribution in [2.45, 2.75) is 18.2 Å². The Bertz CT molecular complexity index is 864. The fraction of sp³-hybridized carbons (Fsp3) is 0.350. The first-order chi connectivity index (χ1) is 13.4. The van der Waals surface area contributed by atoms with Crippen molar-refractivity contribution < 1.29 is 22.7 Å². The quantitative estimate of drug-likeness (QED) is 0.612. The second-order valence-corrected chi connectivity index (χ2v) is 8.08. The van der Waals surface area contributed by atoms with Gasteiger partial charge in [0.15, 0.2) is 0 Å². The van der Waals surface area contributed by atoms with Gasteiger partial charge in [0.25, 0.3) is 10.0 Å². The molecule has 0 saturated heterocycles. The fourth-order valence-electron chi connectivity index (χ4n) is 2.53. The van der Waals surface area contributed by atoms with Crippen LogP contribution in [0.1, 0.15) is 12.0 Å². The first kappa shape index (κ1) is 21.7. The Kier molecular flexibility index (Phi) is 7.83. The van der Waals surface area contributed by atoms with E-state index in [1.165, 1.54) is 19.2 Å². The summed E-state index contributed by atoms with van der Waals surface area (Å²) in [4.78, 5) is 12.4. The minimum atomic E-state index is -3.93. The lowest BCUT2D eigenvalue weighted by Crippen LogP contribution is -2.41. The van der Waals surface area contributed by atoms with Crippen molar-refractivity contribution in [2.75, 3.05) is 38.2 Å². The van der Waals surface area contributed by atoms with E-state index in [1.54, 1.807) is 31.4 Å². The summed E-state index contributed by atoms with van der Waals surface area (Å²) < 4.78 is 37.6. The Morgan fingerprint density at radius 3 is 2.25 bits per heavy atom. The lowest BCUT2D eigenvalue weighted by atomic mass is 10.2. The monoisotopic (exact) mass is 406 g/mol. The molecule has 7 nitrogen and oxygen atoms in total. The highest BCUT2D eigenvalue weighted by Crippen LogP contribution is 2.25. The van der Waals surface area contributed by atoms with E-state index in [9.17, 15) is 13.2 Å². The molecule has 0 fully saturated rings. The first-order valence-corrected chi connectivity index (χ1v) is 10.3. The molecular weight excluding hydrogens is 380 g/mol. The summed E-state index contributed by atoms with van der Waals surface area (Å²) >= 11 is 0. The van der Waals surface area contributed by atoms with Gasteiger partial charge in [0, 0.05) is 20.3 Å². The van der Waals surface area contributed by atoms with Gasteiger partial charge in [-0.25, -0.2) is 8.42 Å². The molecule has 0 heterocycles. The molecular formula is C20H26N2O5S. The second-order valence-electron chi connectivity index (χ2n) is 6.22. The van der Waals surface area contributed by atoms with Gasteiger partial charge < -0.3 is 14.8 Å². The van der Waals surface area contributed by atoms with E-state index in [1.807, 2.05) is 19.1 Å². The molecule has 0 bridgehead atoms. The predicted molar refractivity (Wildman–Crippen MR) is 108 cm³/mol. The van der Waals surface area contributed by atoms with Crippen molar-refractivity contribution in [3.05, 3.63) is 54.1 Å². The lowest BCUT2D eigenvalue weighted by molar-refractivity contribution is -0.119. The molecule has 8 heteroatoms. The van der Waals surface area contributed by atoms with Crippen molar-refractivity contribution in [2.24, 2.45) is 0 Å². The maximum atomic E-state index is 13.2. The number of carbonyl (C=O) groups excluding carboxylic acids is 1. The van der Waals surface area contributed by atoms with Crippen molar-refractivity contribution in [1.29, 1.82) is 0 Å². The summed E-state index contributed by atoms with van der Waals surface area (Å²) in [6.07, 6.45) is 0.651. The van der Waals surface area contributed by atoms with E-state index < -0.39 is 10.0 Å². The molecule has 0 aromatic heterocycles. The zero-order chi connectivity index (χ0) is 20.6. The molecule has 0 spiro atoms. The number of nitrogens with zero attached hydrogens (tertiary/aromatic N) is 1. The Morgan fingerprint density at radius 1 is 1.04 bits per heavy atom. The summed E-state index contributed by atoms with van der Waals surface area (Å²) in [5.41, 5.74) is 1.42. The number of nitrogens with one attached hydrogen (secondary N) is 1. The van der Waals surface area contributed by atoms with Gasteiger partial charge in [-0.1, -0.05) is 17.7 Å². The van der Waals surface area contributed by atoms with Crippen LogP contribution in [0.3, 0.4) is 0 Å². The topological polar surface area (TPSA) is 84.9 Å². The molecule has 0 radical (unpaired) electrons. The number of ether oxygens (including phenoxy) is 2. The standard InChI is InChI=1S/C20H26N2O5S/c1-16-5-7-17(8-6-16)22(15-20(23)21-13-4-14-26-2)28(24,25)19-11-9-18(27-3)10-12-19/h5-12H,4,13-15H2,1-3H3,(H,21,23). The van der Waals surface area contributed by atoms with E-state index in [0.717, 1.165) is 9.87 Å². The third-order valence-corrected chi connectivity index (χ3v) is 5.89. The molecule has 1 amide bonds. The van der Waals surface area contributed by atoms with E-state index in [-0.39, 0.29) is 17.3 Å². The minimum Gasteiger partial charge on any atom is -0.497 e. The van der Waals surface area contributed by atoms with Gasteiger partial charge in [-0.2, -0.15) is 0 Å². The smallest absolute Gasteiger partial charge is 0.264 e. The van der Waals surface area contributed by atoms with Crippen LogP contribution in [-0.4, -0.2) is 48.2 Å². The highest BCUT2D eigenvalue weighted by atomic mass is 32.2. The summed E-state index contributed by atoms with van der Waals surface area (Å²) in [5.74, 6) is 0.172. The number of sulfonamides is 1. The fourth-order valence-corrected chi connectivity index (χ4v) is 3.95. The van der Waals surface area contributed by atoms with Crippen LogP contribution in [0.15, 0.2) is 53.4 Å². The molecule has 0 aliphatic heterocycles. The number of anilines is 1. The van der Waals surface area contributed by atoms with Crippen molar-refractivity contribution >= 4 is 21.6 Å². The molecule has 0 aliphatic rings. The first-order valence-electron chi connectivity index (χ1n) is 8.87. The summed E-state index contributed by atoms with van der Waals surface area (Å²) in [6, 6.07) is 13.1. The molecule has 1 N–H and O–H groups in total. The molecule has 2 aromatic rings. The molecule has 0 saturated carbocycles. The Hall–Kier alpha value is -2.58. The van der Waals surface area contributed by atoms with E-state index in [0.29, 0.717) is 31.0 Å². The van der Waals surface area contributed by atoms with Gasteiger partial charge in [-0.15, -0.1) is 0 Å². The zero-order valence-corrected chi connectivity index (χ0v) is 17.2. The molecule has 0 unspecified atom stereocenters. The predicted octanol–water partition coefficient (Wildman–Crippen LogP) is 2.35. The maximum Gasteiger partial charge on any atom is 0.264 e. The van der Waals surface area contributed by atoms with Gasteiger partial charge in [0.05, 0.1) is 17.7 Å². The molecule has 2 aromatic carbocycles. The van der Waals surface area contributed by atoms with Crippen LogP contribution in [0.5, 0.6) is 5.75 Å². The van der Waals surface area contributed by atoms with Crippen LogP contribution >= 0.6 is 0 Å². The summed E-state index contributed by atoms with van der Waals surface area (Å²) in [7, 11) is -0.834. The van der Waals surface area contributed by atoms with Crippen LogP contribution < -0.4 is 14.4 Å². The van der Waals surface area contributed by atoms with Crippen molar-refractivity contribution in [3.63, 3.8) is 0 Å². The molecule has 152 valence electrons. The normalized spacial score (nSPS) is 11.1. The van der Waals surface area contributed by atoms with Crippen LogP contribution in [0.25, 0.3) is 0 Å². The SMILES string of the molecule is COCCCNC(=O)CN(c1ccc(C)cc1)S(=O)(=O)c1ccc(OC)cc1. The van der Waals surface area contributed by atoms with E-state index in [2.05, 4.69) is 5.32 Å². The maximum absolute atomic E-state index is 13.2. The third kappa shape index (κ3) is 5.71. The molecule has 0 aliphatic carbocycles. The van der Waals surface area contributed by atoms with Crippen LogP contribution in [0, 0.1) is 6.92 Å². The number of methoxy groups -OCH3 is 2. The number of hydrogen-bond acceptors (Lipinski definition) is 5. The lowest BCUT2D eigenvalue weighted by Gasteiger charge is -2.24. The number of amides is 1. The third-order valence-electron chi connectivity index (χ3n) is 4.10. The highest BCUT2D eigenvalue weighted by Gasteiger charge is 2.27. The zero-order valence-electron chi connectivity index (χ0n) is 16.3. The van der Waals surface area contributed by atoms with Gasteiger partial charge in [0.1, 0.15) is 12.3 Å². The Balaban J connectivity index is 2.28. The van der Waals surface area contributed by atoms with Crippen LogP contribution in [0.2, 0.25) is 0 Å². The van der Waals surface area contributed by atoms with Gasteiger partial charge >= 0.3 is 0 Å². The Labute approximate surface area is 166 Å². The van der Waals surface area contributed by atoms with E-state index >= 15 is 0 Å².